The summed E-state index contributed by atoms with van der Waals surface area (Å²) >= 11 is 0. The molecule has 1 unspecified atom stereocenters. The lowest BCUT2D eigenvalue weighted by Crippen LogP contribution is -2.45. The van der Waals surface area contributed by atoms with Crippen LogP contribution in [0.5, 0.6) is 0 Å². The first-order valence-electron chi connectivity index (χ1n) is 8.54. The van der Waals surface area contributed by atoms with Gasteiger partial charge < -0.3 is 9.84 Å². The predicted octanol–water partition coefficient (Wildman–Crippen LogP) is 2.07. The van der Waals surface area contributed by atoms with Gasteiger partial charge in [-0.05, 0) is 39.0 Å². The third kappa shape index (κ3) is 3.66. The largest absolute Gasteiger partial charge is 0.353 e. The van der Waals surface area contributed by atoms with E-state index in [2.05, 4.69) is 34.2 Å². The first-order valence-corrected chi connectivity index (χ1v) is 8.54. The summed E-state index contributed by atoms with van der Waals surface area (Å²) in [7, 11) is 0. The highest BCUT2D eigenvalue weighted by Crippen LogP contribution is 2.29. The van der Waals surface area contributed by atoms with Crippen LogP contribution in [0.3, 0.4) is 0 Å². The van der Waals surface area contributed by atoms with Crippen LogP contribution in [-0.2, 0) is 11.2 Å². The Morgan fingerprint density at radius 3 is 2.73 bits per heavy atom. The molecule has 2 heterocycles. The van der Waals surface area contributed by atoms with Crippen LogP contribution < -0.4 is 5.32 Å². The molecular formula is C16H26N4O2. The average Bonchev–Trinajstić information content (AvgIpc) is 3.28. The second kappa shape index (κ2) is 6.77. The highest BCUT2D eigenvalue weighted by molar-refractivity contribution is 5.81. The van der Waals surface area contributed by atoms with Gasteiger partial charge in [-0.2, -0.15) is 4.98 Å². The second-order valence-corrected chi connectivity index (χ2v) is 6.57. The molecule has 2 aliphatic rings. The monoisotopic (exact) mass is 306 g/mol. The van der Waals surface area contributed by atoms with Gasteiger partial charge in [-0.25, -0.2) is 0 Å². The van der Waals surface area contributed by atoms with E-state index >= 15 is 0 Å². The van der Waals surface area contributed by atoms with Gasteiger partial charge in [-0.15, -0.1) is 0 Å². The minimum atomic E-state index is 0.151. The number of carbonyl (C=O) groups is 1. The molecule has 1 aromatic heterocycles. The minimum Gasteiger partial charge on any atom is -0.353 e. The predicted molar refractivity (Wildman–Crippen MR) is 82.2 cm³/mol. The third-order valence-corrected chi connectivity index (χ3v) is 4.69. The van der Waals surface area contributed by atoms with Crippen LogP contribution in [0.25, 0.3) is 0 Å². The number of aryl methyl sites for hydroxylation is 1. The van der Waals surface area contributed by atoms with Crippen LogP contribution in [-0.4, -0.2) is 40.1 Å². The molecule has 122 valence electrons. The molecule has 1 aliphatic heterocycles. The van der Waals surface area contributed by atoms with Gasteiger partial charge in [0.05, 0.1) is 6.04 Å². The van der Waals surface area contributed by atoms with Crippen LogP contribution in [0.2, 0.25) is 0 Å². The lowest BCUT2D eigenvalue weighted by Gasteiger charge is -2.34. The zero-order chi connectivity index (χ0) is 15.5. The molecule has 1 atom stereocenters. The van der Waals surface area contributed by atoms with Crippen LogP contribution >= 0.6 is 0 Å². The summed E-state index contributed by atoms with van der Waals surface area (Å²) in [6.45, 7) is 6.15. The normalized spacial score (nSPS) is 21.7. The zero-order valence-electron chi connectivity index (χ0n) is 13.5. The smallest absolute Gasteiger partial charge is 0.243 e. The molecule has 0 radical (unpaired) electrons. The first kappa shape index (κ1) is 15.5. The molecular weight excluding hydrogens is 280 g/mol. The number of likely N-dealkylation sites (tertiary alicyclic amines) is 1. The Hall–Kier alpha value is -1.43. The Balaban J connectivity index is 1.48. The van der Waals surface area contributed by atoms with Crippen molar-refractivity contribution in [3.05, 3.63) is 11.7 Å². The molecule has 1 N–H and O–H groups in total. The summed E-state index contributed by atoms with van der Waals surface area (Å²) in [6.07, 6.45) is 6.03. The van der Waals surface area contributed by atoms with Gasteiger partial charge in [0.15, 0.2) is 5.82 Å². The molecule has 1 saturated carbocycles. The molecule has 1 saturated heterocycles. The number of rotatable bonds is 6. The van der Waals surface area contributed by atoms with Gasteiger partial charge in [-0.1, -0.05) is 12.1 Å². The lowest BCUT2D eigenvalue weighted by molar-refractivity contribution is -0.123. The number of piperidine rings is 1. The number of hydrogen-bond donors (Lipinski definition) is 1. The van der Waals surface area contributed by atoms with Gasteiger partial charge in [-0.3, -0.25) is 9.69 Å². The van der Waals surface area contributed by atoms with E-state index in [0.29, 0.717) is 17.9 Å². The molecule has 1 aliphatic carbocycles. The topological polar surface area (TPSA) is 71.3 Å². The molecule has 2 fully saturated rings. The van der Waals surface area contributed by atoms with Crippen molar-refractivity contribution in [3.63, 3.8) is 0 Å². The van der Waals surface area contributed by atoms with E-state index in [1.807, 2.05) is 0 Å². The number of aromatic nitrogens is 2. The molecule has 6 nitrogen and oxygen atoms in total. The highest BCUT2D eigenvalue weighted by atomic mass is 16.5. The van der Waals surface area contributed by atoms with Crippen molar-refractivity contribution in [1.29, 1.82) is 0 Å². The number of amides is 1. The summed E-state index contributed by atoms with van der Waals surface area (Å²) in [4.78, 5) is 18.7. The maximum Gasteiger partial charge on any atom is 0.243 e. The van der Waals surface area contributed by atoms with Gasteiger partial charge >= 0.3 is 0 Å². The van der Waals surface area contributed by atoms with E-state index in [4.69, 9.17) is 4.52 Å². The number of nitrogens with one attached hydrogen (secondary N) is 1. The fraction of sp³-hybridized carbons (Fsp3) is 0.812. The van der Waals surface area contributed by atoms with Crippen LogP contribution in [0.1, 0.15) is 63.7 Å². The fourth-order valence-corrected chi connectivity index (χ4v) is 3.01. The van der Waals surface area contributed by atoms with Crippen molar-refractivity contribution < 1.29 is 9.32 Å². The molecule has 3 rings (SSSR count). The van der Waals surface area contributed by atoms with Crippen molar-refractivity contribution in [2.75, 3.05) is 13.1 Å². The van der Waals surface area contributed by atoms with E-state index < -0.39 is 0 Å². The van der Waals surface area contributed by atoms with Crippen molar-refractivity contribution in [3.8, 4) is 0 Å². The van der Waals surface area contributed by atoms with E-state index in [1.165, 1.54) is 0 Å². The fourth-order valence-electron chi connectivity index (χ4n) is 3.01. The molecule has 0 bridgehead atoms. The number of carbonyl (C=O) groups excluding carboxylic acids is 1. The van der Waals surface area contributed by atoms with E-state index in [-0.39, 0.29) is 11.9 Å². The van der Waals surface area contributed by atoms with Gasteiger partial charge in [0.2, 0.25) is 11.8 Å². The summed E-state index contributed by atoms with van der Waals surface area (Å²) in [6, 6.07) is 0.480. The molecule has 6 heteroatoms. The molecule has 1 amide bonds. The summed E-state index contributed by atoms with van der Waals surface area (Å²) < 4.78 is 5.39. The third-order valence-electron chi connectivity index (χ3n) is 4.69. The van der Waals surface area contributed by atoms with Crippen LogP contribution in [0.4, 0.5) is 0 Å². The number of nitrogens with zero attached hydrogens (tertiary/aromatic N) is 3. The van der Waals surface area contributed by atoms with Crippen molar-refractivity contribution in [2.24, 2.45) is 5.92 Å². The molecule has 0 spiro atoms. The average molecular weight is 306 g/mol. The van der Waals surface area contributed by atoms with Gasteiger partial charge in [0, 0.05) is 31.5 Å². The quantitative estimate of drug-likeness (QED) is 0.871. The Morgan fingerprint density at radius 2 is 2.09 bits per heavy atom. The summed E-state index contributed by atoms with van der Waals surface area (Å²) in [5.74, 6) is 2.07. The maximum absolute atomic E-state index is 11.8. The highest BCUT2D eigenvalue weighted by Gasteiger charge is 2.32. The van der Waals surface area contributed by atoms with Crippen molar-refractivity contribution in [2.45, 2.75) is 64.5 Å². The molecule has 0 aromatic carbocycles. The zero-order valence-corrected chi connectivity index (χ0v) is 13.5. The van der Waals surface area contributed by atoms with E-state index in [0.717, 1.165) is 57.4 Å². The minimum absolute atomic E-state index is 0.151. The van der Waals surface area contributed by atoms with Gasteiger partial charge in [0.25, 0.3) is 0 Å². The number of hydrogen-bond acceptors (Lipinski definition) is 5. The Labute approximate surface area is 131 Å². The molecule has 22 heavy (non-hydrogen) atoms. The van der Waals surface area contributed by atoms with Crippen molar-refractivity contribution in [1.82, 2.24) is 20.4 Å². The Kier molecular flexibility index (Phi) is 4.76. The standard InChI is InChI=1S/C16H26N4O2/c1-3-4-14-18-16(22-19-14)11(2)20-9-7-13(8-10-20)17-15(21)12-5-6-12/h11-13H,3-10H2,1-2H3,(H,17,21). The summed E-state index contributed by atoms with van der Waals surface area (Å²) in [5.41, 5.74) is 0. The summed E-state index contributed by atoms with van der Waals surface area (Å²) in [5, 5.41) is 7.22. The Morgan fingerprint density at radius 1 is 1.36 bits per heavy atom. The van der Waals surface area contributed by atoms with Gasteiger partial charge in [0.1, 0.15) is 0 Å². The van der Waals surface area contributed by atoms with Crippen molar-refractivity contribution >= 4 is 5.91 Å². The maximum atomic E-state index is 11.8. The van der Waals surface area contributed by atoms with Crippen LogP contribution in [0, 0.1) is 5.92 Å². The van der Waals surface area contributed by atoms with E-state index in [9.17, 15) is 4.79 Å². The van der Waals surface area contributed by atoms with E-state index in [1.54, 1.807) is 0 Å². The molecule has 1 aromatic rings. The second-order valence-electron chi connectivity index (χ2n) is 6.57. The SMILES string of the molecule is CCCc1noc(C(C)N2CCC(NC(=O)C3CC3)CC2)n1. The first-order chi connectivity index (χ1) is 10.7. The van der Waals surface area contributed by atoms with Crippen LogP contribution in [0.15, 0.2) is 4.52 Å². The lowest BCUT2D eigenvalue weighted by atomic mass is 10.0. The Bertz CT molecular complexity index is 504.